The summed E-state index contributed by atoms with van der Waals surface area (Å²) in [5.41, 5.74) is 3.40. The average Bonchev–Trinajstić information content (AvgIpc) is 3.30. The summed E-state index contributed by atoms with van der Waals surface area (Å²) in [4.78, 5) is 27.8. The molecule has 1 aromatic carbocycles. The second kappa shape index (κ2) is 8.91. The lowest BCUT2D eigenvalue weighted by Gasteiger charge is -2.34. The molecule has 0 bridgehead atoms. The van der Waals surface area contributed by atoms with Crippen molar-refractivity contribution in [2.45, 2.75) is 33.9 Å². The predicted molar refractivity (Wildman–Crippen MR) is 116 cm³/mol. The van der Waals surface area contributed by atoms with Gasteiger partial charge in [-0.2, -0.15) is 5.10 Å². The summed E-state index contributed by atoms with van der Waals surface area (Å²) in [5.74, 6) is 0.847. The molecule has 1 amide bonds. The zero-order valence-corrected chi connectivity index (χ0v) is 18.4. The van der Waals surface area contributed by atoms with Crippen molar-refractivity contribution in [3.8, 4) is 0 Å². The van der Waals surface area contributed by atoms with E-state index in [-0.39, 0.29) is 11.6 Å². The van der Waals surface area contributed by atoms with Crippen LogP contribution in [0.3, 0.4) is 0 Å². The van der Waals surface area contributed by atoms with Crippen molar-refractivity contribution in [2.24, 2.45) is 0 Å². The standard InChI is InChI=1S/C22H26N6O4/c1-15-12-20(32-24-15)14-25-8-10-26(11-9-25)22(29)19-6-4-18(5-7-19)13-27-17(3)21(28(30)31)16(2)23-27/h4-7,12H,8-11,13-14H2,1-3H3. The maximum absolute atomic E-state index is 12.9. The maximum atomic E-state index is 12.9. The molecule has 3 heterocycles. The number of carbonyl (C=O) groups excluding carboxylic acids is 1. The van der Waals surface area contributed by atoms with Crippen LogP contribution in [0.25, 0.3) is 0 Å². The predicted octanol–water partition coefficient (Wildman–Crippen LogP) is 2.71. The molecule has 0 unspecified atom stereocenters. The Morgan fingerprint density at radius 3 is 2.34 bits per heavy atom. The van der Waals surface area contributed by atoms with Gasteiger partial charge in [0.05, 0.1) is 23.7 Å². The number of hydrogen-bond donors (Lipinski definition) is 0. The number of nitro groups is 1. The van der Waals surface area contributed by atoms with Crippen molar-refractivity contribution >= 4 is 11.6 Å². The lowest BCUT2D eigenvalue weighted by atomic mass is 10.1. The maximum Gasteiger partial charge on any atom is 0.312 e. The molecule has 0 aliphatic carbocycles. The van der Waals surface area contributed by atoms with E-state index in [1.807, 2.05) is 30.0 Å². The van der Waals surface area contributed by atoms with Crippen LogP contribution in [-0.2, 0) is 13.1 Å². The molecule has 1 saturated heterocycles. The summed E-state index contributed by atoms with van der Waals surface area (Å²) in [6.45, 7) is 9.20. The number of aromatic nitrogens is 3. The monoisotopic (exact) mass is 438 g/mol. The van der Waals surface area contributed by atoms with E-state index in [9.17, 15) is 14.9 Å². The Hall–Kier alpha value is -3.53. The molecule has 0 radical (unpaired) electrons. The van der Waals surface area contributed by atoms with E-state index in [0.717, 1.165) is 30.1 Å². The largest absolute Gasteiger partial charge is 0.360 e. The van der Waals surface area contributed by atoms with Crippen LogP contribution < -0.4 is 0 Å². The first-order chi connectivity index (χ1) is 15.3. The van der Waals surface area contributed by atoms with Gasteiger partial charge in [0.2, 0.25) is 0 Å². The molecule has 0 spiro atoms. The summed E-state index contributed by atoms with van der Waals surface area (Å²) >= 11 is 0. The van der Waals surface area contributed by atoms with Gasteiger partial charge in [-0.05, 0) is 38.5 Å². The third kappa shape index (κ3) is 4.54. The van der Waals surface area contributed by atoms with Gasteiger partial charge in [0.25, 0.3) is 5.91 Å². The number of benzene rings is 1. The van der Waals surface area contributed by atoms with Crippen molar-refractivity contribution < 1.29 is 14.2 Å². The molecule has 168 valence electrons. The van der Waals surface area contributed by atoms with Crippen LogP contribution in [0, 0.1) is 30.9 Å². The van der Waals surface area contributed by atoms with Crippen molar-refractivity contribution in [1.29, 1.82) is 0 Å². The minimum atomic E-state index is -0.401. The highest BCUT2D eigenvalue weighted by molar-refractivity contribution is 5.94. The van der Waals surface area contributed by atoms with Crippen molar-refractivity contribution in [3.05, 3.63) is 74.4 Å². The third-order valence-electron chi connectivity index (χ3n) is 5.77. The number of nitrogens with zero attached hydrogens (tertiary/aromatic N) is 6. The van der Waals surface area contributed by atoms with E-state index in [1.54, 1.807) is 30.7 Å². The second-order valence-electron chi connectivity index (χ2n) is 8.13. The number of amides is 1. The topological polar surface area (TPSA) is 111 Å². The fourth-order valence-electron chi connectivity index (χ4n) is 4.03. The minimum Gasteiger partial charge on any atom is -0.360 e. The van der Waals surface area contributed by atoms with Gasteiger partial charge in [0.1, 0.15) is 11.4 Å². The van der Waals surface area contributed by atoms with E-state index >= 15 is 0 Å². The number of rotatable bonds is 6. The lowest BCUT2D eigenvalue weighted by molar-refractivity contribution is -0.386. The van der Waals surface area contributed by atoms with E-state index in [1.165, 1.54) is 0 Å². The summed E-state index contributed by atoms with van der Waals surface area (Å²) in [5, 5.41) is 19.4. The zero-order valence-electron chi connectivity index (χ0n) is 18.4. The second-order valence-corrected chi connectivity index (χ2v) is 8.13. The Kier molecular flexibility index (Phi) is 6.04. The van der Waals surface area contributed by atoms with Gasteiger partial charge in [-0.25, -0.2) is 0 Å². The van der Waals surface area contributed by atoms with Gasteiger partial charge in [-0.15, -0.1) is 0 Å². The first-order valence-corrected chi connectivity index (χ1v) is 10.5. The van der Waals surface area contributed by atoms with Gasteiger partial charge < -0.3 is 9.42 Å². The molecule has 3 aromatic rings. The molecule has 1 aliphatic heterocycles. The molecular weight excluding hydrogens is 412 g/mol. The Labute approximate surface area is 185 Å². The highest BCUT2D eigenvalue weighted by Crippen LogP contribution is 2.22. The van der Waals surface area contributed by atoms with E-state index < -0.39 is 4.92 Å². The molecule has 32 heavy (non-hydrogen) atoms. The van der Waals surface area contributed by atoms with Crippen LogP contribution in [-0.4, -0.2) is 61.7 Å². The molecule has 2 aromatic heterocycles. The fourth-order valence-corrected chi connectivity index (χ4v) is 4.03. The Balaban J connectivity index is 1.35. The Morgan fingerprint density at radius 1 is 1.09 bits per heavy atom. The minimum absolute atomic E-state index is 0.00783. The van der Waals surface area contributed by atoms with Gasteiger partial charge in [0.15, 0.2) is 5.76 Å². The van der Waals surface area contributed by atoms with Crippen molar-refractivity contribution in [1.82, 2.24) is 24.7 Å². The van der Waals surface area contributed by atoms with Crippen LogP contribution in [0.4, 0.5) is 5.69 Å². The molecule has 4 rings (SSSR count). The highest BCUT2D eigenvalue weighted by atomic mass is 16.6. The van der Waals surface area contributed by atoms with Gasteiger partial charge in [-0.1, -0.05) is 17.3 Å². The Morgan fingerprint density at radius 2 is 1.78 bits per heavy atom. The summed E-state index contributed by atoms with van der Waals surface area (Å²) in [7, 11) is 0. The molecule has 10 nitrogen and oxygen atoms in total. The highest BCUT2D eigenvalue weighted by Gasteiger charge is 2.24. The van der Waals surface area contributed by atoms with Crippen LogP contribution >= 0.6 is 0 Å². The fraction of sp³-hybridized carbons (Fsp3) is 0.409. The Bertz CT molecular complexity index is 1130. The first-order valence-electron chi connectivity index (χ1n) is 10.5. The third-order valence-corrected chi connectivity index (χ3v) is 5.77. The van der Waals surface area contributed by atoms with Crippen LogP contribution in [0.5, 0.6) is 0 Å². The number of carbonyl (C=O) groups is 1. The van der Waals surface area contributed by atoms with E-state index in [0.29, 0.717) is 43.1 Å². The van der Waals surface area contributed by atoms with Crippen LogP contribution in [0.1, 0.15) is 38.8 Å². The molecule has 1 fully saturated rings. The average molecular weight is 438 g/mol. The van der Waals surface area contributed by atoms with Crippen LogP contribution in [0.2, 0.25) is 0 Å². The molecule has 0 atom stereocenters. The summed E-state index contributed by atoms with van der Waals surface area (Å²) < 4.78 is 6.90. The van der Waals surface area contributed by atoms with E-state index in [4.69, 9.17) is 4.52 Å². The van der Waals surface area contributed by atoms with Gasteiger partial charge in [0, 0.05) is 37.8 Å². The zero-order chi connectivity index (χ0) is 22.8. The van der Waals surface area contributed by atoms with Crippen LogP contribution in [0.15, 0.2) is 34.9 Å². The quantitative estimate of drug-likeness (QED) is 0.430. The molecule has 1 aliphatic rings. The number of aryl methyl sites for hydroxylation is 2. The van der Waals surface area contributed by atoms with Gasteiger partial charge in [-0.3, -0.25) is 24.5 Å². The number of hydrogen-bond acceptors (Lipinski definition) is 7. The SMILES string of the molecule is Cc1cc(CN2CCN(C(=O)c3ccc(Cn4nc(C)c([N+](=O)[O-])c4C)cc3)CC2)on1. The normalized spacial score (nSPS) is 14.7. The van der Waals surface area contributed by atoms with Crippen molar-refractivity contribution in [3.63, 3.8) is 0 Å². The number of piperazine rings is 1. The van der Waals surface area contributed by atoms with Gasteiger partial charge >= 0.3 is 5.69 Å². The molecular formula is C22H26N6O4. The smallest absolute Gasteiger partial charge is 0.312 e. The summed E-state index contributed by atoms with van der Waals surface area (Å²) in [6.07, 6.45) is 0. The van der Waals surface area contributed by atoms with Crippen molar-refractivity contribution in [2.75, 3.05) is 26.2 Å². The summed E-state index contributed by atoms with van der Waals surface area (Å²) in [6, 6.07) is 9.29. The molecule has 0 N–H and O–H groups in total. The van der Waals surface area contributed by atoms with E-state index in [2.05, 4.69) is 15.2 Å². The lowest BCUT2D eigenvalue weighted by Crippen LogP contribution is -2.48. The molecule has 10 heteroatoms. The molecule has 0 saturated carbocycles. The first kappa shape index (κ1) is 21.7.